The van der Waals surface area contributed by atoms with Crippen LogP contribution in [-0.2, 0) is 6.54 Å². The Hall–Kier alpha value is -1.14. The zero-order chi connectivity index (χ0) is 12.8. The number of rotatable bonds is 7. The van der Waals surface area contributed by atoms with Gasteiger partial charge in [0.1, 0.15) is 0 Å². The van der Waals surface area contributed by atoms with Gasteiger partial charge in [-0.1, -0.05) is 17.9 Å². The number of anilines is 1. The van der Waals surface area contributed by atoms with Gasteiger partial charge < -0.3 is 20.4 Å². The van der Waals surface area contributed by atoms with Gasteiger partial charge in [0.2, 0.25) is 5.89 Å². The van der Waals surface area contributed by atoms with Crippen molar-refractivity contribution in [2.45, 2.75) is 44.7 Å². The molecule has 1 saturated carbocycles. The molecule has 1 aromatic rings. The van der Waals surface area contributed by atoms with Gasteiger partial charge in [0.05, 0.1) is 6.54 Å². The second-order valence-electron chi connectivity index (χ2n) is 4.90. The summed E-state index contributed by atoms with van der Waals surface area (Å²) in [4.78, 5) is 2.47. The predicted octanol–water partition coefficient (Wildman–Crippen LogP) is 1.20. The van der Waals surface area contributed by atoms with Crippen molar-refractivity contribution in [2.24, 2.45) is 5.73 Å². The van der Waals surface area contributed by atoms with Crippen molar-refractivity contribution in [1.82, 2.24) is 15.1 Å². The van der Waals surface area contributed by atoms with E-state index >= 15 is 0 Å². The molecule has 1 fully saturated rings. The molecule has 0 radical (unpaired) electrons. The van der Waals surface area contributed by atoms with Crippen LogP contribution in [0.3, 0.4) is 0 Å². The molecule has 0 aliphatic heterocycles. The number of nitrogens with zero attached hydrogens (tertiary/aromatic N) is 3. The molecule has 1 aliphatic carbocycles. The van der Waals surface area contributed by atoms with Crippen molar-refractivity contribution in [2.75, 3.05) is 25.5 Å². The van der Waals surface area contributed by atoms with E-state index in [0.717, 1.165) is 25.6 Å². The molecule has 0 bridgehead atoms. The van der Waals surface area contributed by atoms with E-state index in [1.54, 1.807) is 0 Å². The average molecular weight is 253 g/mol. The zero-order valence-corrected chi connectivity index (χ0v) is 11.1. The minimum absolute atomic E-state index is 0.291. The third-order valence-electron chi connectivity index (χ3n) is 3.55. The van der Waals surface area contributed by atoms with Gasteiger partial charge in [-0.3, -0.25) is 0 Å². The van der Waals surface area contributed by atoms with E-state index in [1.807, 2.05) is 0 Å². The summed E-state index contributed by atoms with van der Waals surface area (Å²) in [5, 5.41) is 10.8. The first kappa shape index (κ1) is 13.3. The summed E-state index contributed by atoms with van der Waals surface area (Å²) in [6.07, 6.45) is 6.56. The van der Waals surface area contributed by atoms with Crippen LogP contribution in [0.4, 0.5) is 6.01 Å². The van der Waals surface area contributed by atoms with Crippen LogP contribution >= 0.6 is 0 Å². The third kappa shape index (κ3) is 3.68. The Kier molecular flexibility index (Phi) is 4.95. The highest BCUT2D eigenvalue weighted by Crippen LogP contribution is 2.22. The first-order valence-electron chi connectivity index (χ1n) is 6.76. The lowest BCUT2D eigenvalue weighted by Gasteiger charge is -2.23. The minimum atomic E-state index is 0.291. The fraction of sp³-hybridized carbons (Fsp3) is 0.833. The molecule has 0 aromatic carbocycles. The van der Waals surface area contributed by atoms with E-state index in [9.17, 15) is 0 Å². The van der Waals surface area contributed by atoms with Gasteiger partial charge in [0.15, 0.2) is 0 Å². The van der Waals surface area contributed by atoms with Crippen molar-refractivity contribution in [3.05, 3.63) is 5.89 Å². The van der Waals surface area contributed by atoms with Crippen LogP contribution in [0.15, 0.2) is 4.42 Å². The number of hydrogen-bond donors (Lipinski definition) is 2. The molecule has 1 aliphatic rings. The van der Waals surface area contributed by atoms with Crippen molar-refractivity contribution < 1.29 is 4.42 Å². The summed E-state index contributed by atoms with van der Waals surface area (Å²) in [5.74, 6) is 0.473. The van der Waals surface area contributed by atoms with Gasteiger partial charge in [0.25, 0.3) is 0 Å². The Labute approximate surface area is 108 Å². The van der Waals surface area contributed by atoms with Crippen LogP contribution in [0.25, 0.3) is 0 Å². The smallest absolute Gasteiger partial charge is 0.315 e. The van der Waals surface area contributed by atoms with Gasteiger partial charge in [-0.2, -0.15) is 0 Å². The molecule has 0 atom stereocenters. The summed E-state index contributed by atoms with van der Waals surface area (Å²) in [6.45, 7) is 2.25. The Balaban J connectivity index is 1.60. The Morgan fingerprint density at radius 1 is 1.39 bits per heavy atom. The van der Waals surface area contributed by atoms with E-state index in [1.165, 1.54) is 25.7 Å². The number of hydrogen-bond acceptors (Lipinski definition) is 6. The molecule has 6 heteroatoms. The normalized spacial score (nSPS) is 16.6. The molecular weight excluding hydrogens is 230 g/mol. The lowest BCUT2D eigenvalue weighted by Crippen LogP contribution is -2.30. The molecule has 0 unspecified atom stereocenters. The van der Waals surface area contributed by atoms with Crippen LogP contribution in [0.1, 0.15) is 38.0 Å². The number of aromatic nitrogens is 2. The van der Waals surface area contributed by atoms with E-state index < -0.39 is 0 Å². The van der Waals surface area contributed by atoms with Crippen LogP contribution in [-0.4, -0.2) is 41.3 Å². The summed E-state index contributed by atoms with van der Waals surface area (Å²) < 4.78 is 5.27. The van der Waals surface area contributed by atoms with E-state index in [0.29, 0.717) is 18.5 Å². The Morgan fingerprint density at radius 2 is 2.17 bits per heavy atom. The van der Waals surface area contributed by atoms with E-state index in [-0.39, 0.29) is 0 Å². The van der Waals surface area contributed by atoms with Crippen molar-refractivity contribution >= 4 is 6.01 Å². The summed E-state index contributed by atoms with van der Waals surface area (Å²) >= 11 is 0. The summed E-state index contributed by atoms with van der Waals surface area (Å²) in [7, 11) is 2.22. The molecule has 0 spiro atoms. The molecule has 2 rings (SSSR count). The molecule has 0 saturated heterocycles. The average Bonchev–Trinajstić information content (AvgIpc) is 3.05. The number of nitrogens with one attached hydrogen (secondary N) is 1. The van der Waals surface area contributed by atoms with Gasteiger partial charge in [-0.05, 0) is 32.9 Å². The molecule has 1 aromatic heterocycles. The lowest BCUT2D eigenvalue weighted by molar-refractivity contribution is 0.245. The molecule has 1 heterocycles. The molecule has 0 amide bonds. The maximum Gasteiger partial charge on any atom is 0.315 e. The first-order chi connectivity index (χ1) is 8.79. The van der Waals surface area contributed by atoms with Crippen LogP contribution in [0, 0.1) is 0 Å². The minimum Gasteiger partial charge on any atom is -0.407 e. The van der Waals surface area contributed by atoms with Gasteiger partial charge in [0, 0.05) is 12.6 Å². The van der Waals surface area contributed by atoms with Crippen LogP contribution < -0.4 is 11.1 Å². The standard InChI is InChI=1S/C12H23N5O/c1-17(10-5-2-3-6-10)8-4-7-14-12-16-15-11(9-13)18-12/h10H,2-9,13H2,1H3,(H,14,16). The van der Waals surface area contributed by atoms with Crippen molar-refractivity contribution in [3.8, 4) is 0 Å². The van der Waals surface area contributed by atoms with Crippen molar-refractivity contribution in [1.29, 1.82) is 0 Å². The lowest BCUT2D eigenvalue weighted by atomic mass is 10.2. The highest BCUT2D eigenvalue weighted by atomic mass is 16.4. The first-order valence-corrected chi connectivity index (χ1v) is 6.76. The monoisotopic (exact) mass is 253 g/mol. The van der Waals surface area contributed by atoms with E-state index in [4.69, 9.17) is 10.2 Å². The maximum atomic E-state index is 5.40. The Morgan fingerprint density at radius 3 is 2.83 bits per heavy atom. The molecule has 6 nitrogen and oxygen atoms in total. The Bertz CT molecular complexity index is 348. The number of nitrogens with two attached hydrogens (primary N) is 1. The summed E-state index contributed by atoms with van der Waals surface area (Å²) in [6, 6.07) is 1.26. The SMILES string of the molecule is CN(CCCNc1nnc(CN)o1)C1CCCC1. The second-order valence-corrected chi connectivity index (χ2v) is 4.90. The summed E-state index contributed by atoms with van der Waals surface area (Å²) in [5.41, 5.74) is 5.40. The van der Waals surface area contributed by atoms with Gasteiger partial charge in [-0.15, -0.1) is 5.10 Å². The van der Waals surface area contributed by atoms with Crippen molar-refractivity contribution in [3.63, 3.8) is 0 Å². The molecule has 3 N–H and O–H groups in total. The zero-order valence-electron chi connectivity index (χ0n) is 11.1. The van der Waals surface area contributed by atoms with Gasteiger partial charge >= 0.3 is 6.01 Å². The molecule has 102 valence electrons. The van der Waals surface area contributed by atoms with Gasteiger partial charge in [-0.25, -0.2) is 0 Å². The highest BCUT2D eigenvalue weighted by molar-refractivity contribution is 5.16. The topological polar surface area (TPSA) is 80.2 Å². The quantitative estimate of drug-likeness (QED) is 0.711. The van der Waals surface area contributed by atoms with E-state index in [2.05, 4.69) is 27.5 Å². The van der Waals surface area contributed by atoms with Crippen LogP contribution in [0.5, 0.6) is 0 Å². The maximum absolute atomic E-state index is 5.40. The van der Waals surface area contributed by atoms with Crippen LogP contribution in [0.2, 0.25) is 0 Å². The fourth-order valence-corrected chi connectivity index (χ4v) is 2.46. The highest BCUT2D eigenvalue weighted by Gasteiger charge is 2.18. The molecule has 18 heavy (non-hydrogen) atoms. The largest absolute Gasteiger partial charge is 0.407 e. The third-order valence-corrected chi connectivity index (χ3v) is 3.55. The fourth-order valence-electron chi connectivity index (χ4n) is 2.46. The molecular formula is C12H23N5O. The predicted molar refractivity (Wildman–Crippen MR) is 70.2 cm³/mol. The second kappa shape index (κ2) is 6.70.